The van der Waals surface area contributed by atoms with Crippen LogP contribution in [-0.4, -0.2) is 40.8 Å². The van der Waals surface area contributed by atoms with Crippen molar-refractivity contribution in [3.63, 3.8) is 0 Å². The predicted molar refractivity (Wildman–Crippen MR) is 122 cm³/mol. The average Bonchev–Trinajstić information content (AvgIpc) is 2.82. The molecule has 186 valence electrons. The summed E-state index contributed by atoms with van der Waals surface area (Å²) in [5.74, 6) is -4.30. The van der Waals surface area contributed by atoms with E-state index < -0.39 is 52.9 Å². The number of non-ortho nitro benzene ring substituents is 1. The highest BCUT2D eigenvalue weighted by Gasteiger charge is 2.43. The summed E-state index contributed by atoms with van der Waals surface area (Å²) in [5, 5.41) is 26.1. The minimum atomic E-state index is -1.48. The van der Waals surface area contributed by atoms with Gasteiger partial charge in [-0.15, -0.1) is 0 Å². The highest BCUT2D eigenvalue weighted by molar-refractivity contribution is 6.17. The number of barbiturate groups is 1. The molecular weight excluding hydrogens is 474 g/mol. The van der Waals surface area contributed by atoms with E-state index in [1.165, 1.54) is 38.3 Å². The quantitative estimate of drug-likeness (QED) is 0.295. The molecule has 0 aliphatic carbocycles. The fourth-order valence-corrected chi connectivity index (χ4v) is 4.40. The summed E-state index contributed by atoms with van der Waals surface area (Å²) in [6.07, 6.45) is -1.81. The maximum Gasteiger partial charge on any atom is 0.328 e. The van der Waals surface area contributed by atoms with Gasteiger partial charge in [0.25, 0.3) is 5.69 Å². The molecule has 2 aromatic carbocycles. The number of imide groups is 2. The summed E-state index contributed by atoms with van der Waals surface area (Å²) < 4.78 is 11.0. The first-order chi connectivity index (χ1) is 17.1. The summed E-state index contributed by atoms with van der Waals surface area (Å²) >= 11 is 0. The van der Waals surface area contributed by atoms with Crippen LogP contribution in [0.4, 0.5) is 10.5 Å². The molecule has 2 aromatic rings. The lowest BCUT2D eigenvalue weighted by molar-refractivity contribution is -0.384. The molecule has 0 spiro atoms. The standard InChI is InChI=1S/C24H21N3O9/c1-11-18(20(29)14-4-3-5-17(35-2)21(14)36-11)16(28)10-15(12-6-8-13(9-7-12)27(33)34)19-22(30)25-24(32)26-23(19)31/h3-9,15,19-20,29H,10H2,1-2H3,(H2,25,26,30,31,32). The fraction of sp³-hybridized carbons (Fsp3) is 0.250. The third kappa shape index (κ3) is 4.41. The minimum absolute atomic E-state index is 0.0737. The van der Waals surface area contributed by atoms with E-state index in [9.17, 15) is 34.4 Å². The number of hydrogen-bond donors (Lipinski definition) is 3. The van der Waals surface area contributed by atoms with Crippen LogP contribution in [0.5, 0.6) is 11.5 Å². The molecule has 2 unspecified atom stereocenters. The maximum absolute atomic E-state index is 13.5. The number of fused-ring (bicyclic) bond motifs is 1. The number of nitro benzene ring substituents is 1. The number of benzene rings is 2. The van der Waals surface area contributed by atoms with Gasteiger partial charge in [-0.3, -0.25) is 35.1 Å². The molecule has 3 N–H and O–H groups in total. The number of aliphatic hydroxyl groups is 1. The largest absolute Gasteiger partial charge is 0.493 e. The summed E-state index contributed by atoms with van der Waals surface area (Å²) in [6, 6.07) is 8.88. The van der Waals surface area contributed by atoms with Crippen LogP contribution in [0.15, 0.2) is 53.8 Å². The Balaban J connectivity index is 1.71. The van der Waals surface area contributed by atoms with Gasteiger partial charge in [0.1, 0.15) is 17.8 Å². The van der Waals surface area contributed by atoms with E-state index in [-0.39, 0.29) is 28.3 Å². The lowest BCUT2D eigenvalue weighted by Gasteiger charge is -2.30. The number of nitro groups is 1. The summed E-state index contributed by atoms with van der Waals surface area (Å²) in [7, 11) is 1.44. The van der Waals surface area contributed by atoms with E-state index in [0.717, 1.165) is 0 Å². The normalized spacial score (nSPS) is 18.5. The second-order valence-corrected chi connectivity index (χ2v) is 8.22. The molecule has 2 aliphatic rings. The predicted octanol–water partition coefficient (Wildman–Crippen LogP) is 2.03. The van der Waals surface area contributed by atoms with Gasteiger partial charge < -0.3 is 14.6 Å². The van der Waals surface area contributed by atoms with Crippen molar-refractivity contribution in [2.75, 3.05) is 7.11 Å². The molecule has 36 heavy (non-hydrogen) atoms. The molecule has 0 bridgehead atoms. The van der Waals surface area contributed by atoms with E-state index in [4.69, 9.17) is 9.47 Å². The van der Waals surface area contributed by atoms with E-state index in [1.54, 1.807) is 18.2 Å². The number of ether oxygens (including phenoxy) is 2. The SMILES string of the molecule is COc1cccc2c1OC(C)=C(C(=O)CC(c1ccc([N+](=O)[O-])cc1)C1C(=O)NC(=O)NC1=O)C2O. The third-order valence-corrected chi connectivity index (χ3v) is 6.11. The first-order valence-electron chi connectivity index (χ1n) is 10.8. The van der Waals surface area contributed by atoms with Gasteiger partial charge in [-0.05, 0) is 18.6 Å². The van der Waals surface area contributed by atoms with Crippen LogP contribution in [-0.2, 0) is 14.4 Å². The summed E-state index contributed by atoms with van der Waals surface area (Å²) in [5.41, 5.74) is 0.284. The molecular formula is C24H21N3O9. The Morgan fingerprint density at radius 2 is 1.78 bits per heavy atom. The molecule has 1 fully saturated rings. The average molecular weight is 495 g/mol. The lowest BCUT2D eigenvalue weighted by atomic mass is 9.78. The molecule has 2 aliphatic heterocycles. The summed E-state index contributed by atoms with van der Waals surface area (Å²) in [4.78, 5) is 60.7. The summed E-state index contributed by atoms with van der Waals surface area (Å²) in [6.45, 7) is 1.49. The Labute approximate surface area is 204 Å². The van der Waals surface area contributed by atoms with Crippen molar-refractivity contribution in [1.29, 1.82) is 0 Å². The molecule has 2 atom stereocenters. The zero-order valence-electron chi connectivity index (χ0n) is 19.1. The van der Waals surface area contributed by atoms with Crippen LogP contribution in [0.3, 0.4) is 0 Å². The number of carbonyl (C=O) groups excluding carboxylic acids is 4. The molecule has 12 nitrogen and oxygen atoms in total. The van der Waals surface area contributed by atoms with Crippen LogP contribution in [0.1, 0.15) is 36.5 Å². The number of ketones is 1. The number of nitrogens with one attached hydrogen (secondary N) is 2. The molecule has 0 saturated carbocycles. The number of amides is 4. The van der Waals surface area contributed by atoms with Gasteiger partial charge in [-0.25, -0.2) is 4.79 Å². The molecule has 2 heterocycles. The zero-order valence-corrected chi connectivity index (χ0v) is 19.1. The Morgan fingerprint density at radius 1 is 1.14 bits per heavy atom. The number of para-hydroxylation sites is 1. The molecule has 12 heteroatoms. The van der Waals surface area contributed by atoms with Gasteiger partial charge in [-0.2, -0.15) is 0 Å². The van der Waals surface area contributed by atoms with Gasteiger partial charge in [0.15, 0.2) is 17.3 Å². The third-order valence-electron chi connectivity index (χ3n) is 6.11. The number of aliphatic hydroxyl groups excluding tert-OH is 1. The van der Waals surface area contributed by atoms with Gasteiger partial charge >= 0.3 is 6.03 Å². The van der Waals surface area contributed by atoms with Crippen molar-refractivity contribution in [1.82, 2.24) is 10.6 Å². The van der Waals surface area contributed by atoms with Crippen molar-refractivity contribution in [2.45, 2.75) is 25.4 Å². The van der Waals surface area contributed by atoms with Crippen LogP contribution in [0.2, 0.25) is 0 Å². The molecule has 0 radical (unpaired) electrons. The molecule has 1 saturated heterocycles. The van der Waals surface area contributed by atoms with Gasteiger partial charge in [0, 0.05) is 30.0 Å². The van der Waals surface area contributed by atoms with Crippen LogP contribution < -0.4 is 20.1 Å². The highest BCUT2D eigenvalue weighted by Crippen LogP contribution is 2.44. The maximum atomic E-state index is 13.5. The monoisotopic (exact) mass is 495 g/mol. The van der Waals surface area contributed by atoms with Gasteiger partial charge in [-0.1, -0.05) is 24.3 Å². The molecule has 0 aromatic heterocycles. The first kappa shape index (κ1) is 24.5. The number of hydrogen-bond acceptors (Lipinski definition) is 9. The fourth-order valence-electron chi connectivity index (χ4n) is 4.40. The number of nitrogens with zero attached hydrogens (tertiary/aromatic N) is 1. The van der Waals surface area contributed by atoms with Crippen molar-refractivity contribution < 1.29 is 38.7 Å². The Morgan fingerprint density at radius 3 is 2.36 bits per heavy atom. The van der Waals surface area contributed by atoms with E-state index >= 15 is 0 Å². The number of Topliss-reactive ketones (excluding diaryl/α,β-unsaturated/α-hetero) is 1. The van der Waals surface area contributed by atoms with Crippen molar-refractivity contribution in [3.8, 4) is 11.5 Å². The van der Waals surface area contributed by atoms with Crippen molar-refractivity contribution in [3.05, 3.63) is 75.0 Å². The number of allylic oxidation sites excluding steroid dienone is 1. The van der Waals surface area contributed by atoms with Crippen molar-refractivity contribution >= 4 is 29.3 Å². The van der Waals surface area contributed by atoms with E-state index in [2.05, 4.69) is 0 Å². The van der Waals surface area contributed by atoms with E-state index in [0.29, 0.717) is 11.3 Å². The van der Waals surface area contributed by atoms with Gasteiger partial charge in [0.05, 0.1) is 17.6 Å². The second-order valence-electron chi connectivity index (χ2n) is 8.22. The van der Waals surface area contributed by atoms with Crippen LogP contribution >= 0.6 is 0 Å². The molecule has 4 rings (SSSR count). The number of rotatable bonds is 7. The first-order valence-corrected chi connectivity index (χ1v) is 10.8. The van der Waals surface area contributed by atoms with Crippen LogP contribution in [0.25, 0.3) is 0 Å². The number of methoxy groups -OCH3 is 1. The second kappa shape index (κ2) is 9.58. The van der Waals surface area contributed by atoms with Crippen LogP contribution in [0, 0.1) is 16.0 Å². The Kier molecular flexibility index (Phi) is 6.53. The highest BCUT2D eigenvalue weighted by atomic mass is 16.6. The minimum Gasteiger partial charge on any atom is -0.493 e. The zero-order chi connectivity index (χ0) is 26.1. The van der Waals surface area contributed by atoms with Crippen molar-refractivity contribution in [2.24, 2.45) is 5.92 Å². The number of carbonyl (C=O) groups is 4. The lowest BCUT2D eigenvalue weighted by Crippen LogP contribution is -2.57. The van der Waals surface area contributed by atoms with Gasteiger partial charge in [0.2, 0.25) is 11.8 Å². The van der Waals surface area contributed by atoms with E-state index in [1.807, 2.05) is 10.6 Å². The Bertz CT molecular complexity index is 1300. The molecule has 4 amide bonds. The topological polar surface area (TPSA) is 174 Å². The number of urea groups is 1. The smallest absolute Gasteiger partial charge is 0.328 e. The Hall–Kier alpha value is -4.58.